The fraction of sp³-hybridized carbons (Fsp3) is 0.227. The van der Waals surface area contributed by atoms with Crippen molar-refractivity contribution in [3.8, 4) is 0 Å². The van der Waals surface area contributed by atoms with Gasteiger partial charge in [0, 0.05) is 18.3 Å². The molecule has 3 aromatic rings. The SMILES string of the molecule is CC.CC.c1ccc(C(c2ccccc2)c2ccncc2)cc1. The molecule has 0 aliphatic heterocycles. The second kappa shape index (κ2) is 11.2. The van der Waals surface area contributed by atoms with Crippen molar-refractivity contribution in [3.63, 3.8) is 0 Å². The minimum Gasteiger partial charge on any atom is -0.265 e. The molecule has 0 amide bonds. The monoisotopic (exact) mass is 305 g/mol. The van der Waals surface area contributed by atoms with Crippen molar-refractivity contribution in [1.29, 1.82) is 0 Å². The third kappa shape index (κ3) is 5.37. The van der Waals surface area contributed by atoms with Gasteiger partial charge in [-0.1, -0.05) is 88.4 Å². The van der Waals surface area contributed by atoms with Crippen molar-refractivity contribution in [2.75, 3.05) is 0 Å². The molecular weight excluding hydrogens is 278 g/mol. The molecule has 1 aromatic heterocycles. The molecule has 2 aromatic carbocycles. The van der Waals surface area contributed by atoms with Gasteiger partial charge in [-0.05, 0) is 28.8 Å². The van der Waals surface area contributed by atoms with Crippen molar-refractivity contribution in [2.24, 2.45) is 0 Å². The molecule has 0 bridgehead atoms. The first kappa shape index (κ1) is 18.6. The summed E-state index contributed by atoms with van der Waals surface area (Å²) in [5.41, 5.74) is 3.88. The second-order valence-electron chi connectivity index (χ2n) is 4.53. The van der Waals surface area contributed by atoms with Crippen molar-refractivity contribution in [1.82, 2.24) is 4.98 Å². The van der Waals surface area contributed by atoms with Gasteiger partial charge >= 0.3 is 0 Å². The summed E-state index contributed by atoms with van der Waals surface area (Å²) in [5, 5.41) is 0. The summed E-state index contributed by atoms with van der Waals surface area (Å²) in [6.45, 7) is 8.00. The normalized spacial score (nSPS) is 9.26. The van der Waals surface area contributed by atoms with Crippen molar-refractivity contribution >= 4 is 0 Å². The molecule has 0 aliphatic carbocycles. The molecule has 23 heavy (non-hydrogen) atoms. The maximum Gasteiger partial charge on any atom is 0.0341 e. The van der Waals surface area contributed by atoms with E-state index in [1.165, 1.54) is 16.7 Å². The van der Waals surface area contributed by atoms with Crippen LogP contribution >= 0.6 is 0 Å². The first-order valence-electron chi connectivity index (χ1n) is 8.45. The molecule has 0 aliphatic rings. The lowest BCUT2D eigenvalue weighted by atomic mass is 9.86. The van der Waals surface area contributed by atoms with Crippen LogP contribution < -0.4 is 0 Å². The Balaban J connectivity index is 0.000000615. The highest BCUT2D eigenvalue weighted by Gasteiger charge is 2.15. The lowest BCUT2D eigenvalue weighted by Gasteiger charge is -2.18. The van der Waals surface area contributed by atoms with Crippen LogP contribution in [0.1, 0.15) is 50.3 Å². The van der Waals surface area contributed by atoms with Gasteiger partial charge in [0.2, 0.25) is 0 Å². The molecule has 0 N–H and O–H groups in total. The summed E-state index contributed by atoms with van der Waals surface area (Å²) < 4.78 is 0. The summed E-state index contributed by atoms with van der Waals surface area (Å²) in [5.74, 6) is 0.269. The van der Waals surface area contributed by atoms with E-state index in [0.29, 0.717) is 0 Å². The Bertz CT molecular complexity index is 524. The number of aromatic nitrogens is 1. The van der Waals surface area contributed by atoms with Crippen LogP contribution in [0.4, 0.5) is 0 Å². The molecule has 1 heteroatoms. The Kier molecular flexibility index (Phi) is 9.07. The van der Waals surface area contributed by atoms with Gasteiger partial charge in [0.25, 0.3) is 0 Å². The van der Waals surface area contributed by atoms with Crippen LogP contribution in [-0.2, 0) is 0 Å². The quantitative estimate of drug-likeness (QED) is 0.552. The number of hydrogen-bond acceptors (Lipinski definition) is 1. The Morgan fingerprint density at radius 2 is 0.870 bits per heavy atom. The smallest absolute Gasteiger partial charge is 0.0341 e. The van der Waals surface area contributed by atoms with Crippen LogP contribution in [0, 0.1) is 0 Å². The van der Waals surface area contributed by atoms with Crippen molar-refractivity contribution in [3.05, 3.63) is 102 Å². The highest BCUT2D eigenvalue weighted by Crippen LogP contribution is 2.31. The summed E-state index contributed by atoms with van der Waals surface area (Å²) in [6.07, 6.45) is 3.71. The summed E-state index contributed by atoms with van der Waals surface area (Å²) in [4.78, 5) is 4.12. The molecule has 0 radical (unpaired) electrons. The van der Waals surface area contributed by atoms with Crippen LogP contribution in [0.25, 0.3) is 0 Å². The van der Waals surface area contributed by atoms with E-state index in [1.54, 1.807) is 0 Å². The van der Waals surface area contributed by atoms with E-state index in [4.69, 9.17) is 0 Å². The van der Waals surface area contributed by atoms with Gasteiger partial charge in [-0.25, -0.2) is 0 Å². The third-order valence-electron chi connectivity index (χ3n) is 3.31. The molecule has 1 nitrogen and oxygen atoms in total. The molecule has 0 spiro atoms. The molecular formula is C22H27N. The first-order valence-corrected chi connectivity index (χ1v) is 8.45. The Hall–Kier alpha value is -2.41. The van der Waals surface area contributed by atoms with Gasteiger partial charge in [0.15, 0.2) is 0 Å². The van der Waals surface area contributed by atoms with E-state index in [9.17, 15) is 0 Å². The van der Waals surface area contributed by atoms with E-state index in [-0.39, 0.29) is 5.92 Å². The topological polar surface area (TPSA) is 12.9 Å². The molecule has 3 rings (SSSR count). The van der Waals surface area contributed by atoms with Crippen LogP contribution in [0.2, 0.25) is 0 Å². The minimum absolute atomic E-state index is 0.269. The lowest BCUT2D eigenvalue weighted by Crippen LogP contribution is -2.03. The lowest BCUT2D eigenvalue weighted by molar-refractivity contribution is 0.971. The zero-order valence-electron chi connectivity index (χ0n) is 14.6. The number of hydrogen-bond donors (Lipinski definition) is 0. The minimum atomic E-state index is 0.269. The van der Waals surface area contributed by atoms with Gasteiger partial charge in [0.05, 0.1) is 0 Å². The zero-order chi connectivity index (χ0) is 16.9. The Labute approximate surface area is 141 Å². The molecule has 1 heterocycles. The predicted octanol–water partition coefficient (Wildman–Crippen LogP) is 6.31. The zero-order valence-corrected chi connectivity index (χ0v) is 14.6. The second-order valence-corrected chi connectivity index (χ2v) is 4.53. The van der Waals surface area contributed by atoms with Gasteiger partial charge in [-0.3, -0.25) is 4.98 Å². The van der Waals surface area contributed by atoms with Crippen LogP contribution in [0.15, 0.2) is 85.2 Å². The van der Waals surface area contributed by atoms with E-state index in [0.717, 1.165) is 0 Å². The molecule has 0 fully saturated rings. The highest BCUT2D eigenvalue weighted by molar-refractivity contribution is 5.42. The van der Waals surface area contributed by atoms with Gasteiger partial charge in [-0.15, -0.1) is 0 Å². The maximum absolute atomic E-state index is 4.12. The van der Waals surface area contributed by atoms with Gasteiger partial charge in [0.1, 0.15) is 0 Å². The fourth-order valence-corrected chi connectivity index (χ4v) is 2.42. The summed E-state index contributed by atoms with van der Waals surface area (Å²) in [7, 11) is 0. The van der Waals surface area contributed by atoms with E-state index in [2.05, 4.69) is 77.8 Å². The largest absolute Gasteiger partial charge is 0.265 e. The Morgan fingerprint density at radius 3 is 1.26 bits per heavy atom. The van der Waals surface area contributed by atoms with Gasteiger partial charge < -0.3 is 0 Å². The predicted molar refractivity (Wildman–Crippen MR) is 101 cm³/mol. The molecule has 120 valence electrons. The van der Waals surface area contributed by atoms with Crippen molar-refractivity contribution < 1.29 is 0 Å². The number of benzene rings is 2. The molecule has 0 unspecified atom stereocenters. The maximum atomic E-state index is 4.12. The number of nitrogens with zero attached hydrogens (tertiary/aromatic N) is 1. The Morgan fingerprint density at radius 1 is 0.522 bits per heavy atom. The van der Waals surface area contributed by atoms with Crippen molar-refractivity contribution in [2.45, 2.75) is 33.6 Å². The van der Waals surface area contributed by atoms with E-state index in [1.807, 2.05) is 40.1 Å². The summed E-state index contributed by atoms with van der Waals surface area (Å²) >= 11 is 0. The van der Waals surface area contributed by atoms with Gasteiger partial charge in [-0.2, -0.15) is 0 Å². The summed E-state index contributed by atoms with van der Waals surface area (Å²) in [6, 6.07) is 25.4. The van der Waals surface area contributed by atoms with Crippen LogP contribution in [0.5, 0.6) is 0 Å². The number of rotatable bonds is 3. The average molecular weight is 305 g/mol. The highest BCUT2D eigenvalue weighted by atomic mass is 14.6. The van der Waals surface area contributed by atoms with E-state index >= 15 is 0 Å². The van der Waals surface area contributed by atoms with Crippen LogP contribution in [-0.4, -0.2) is 4.98 Å². The molecule has 0 atom stereocenters. The number of pyridine rings is 1. The fourth-order valence-electron chi connectivity index (χ4n) is 2.42. The third-order valence-corrected chi connectivity index (χ3v) is 3.31. The van der Waals surface area contributed by atoms with Crippen LogP contribution in [0.3, 0.4) is 0 Å². The molecule has 0 saturated heterocycles. The standard InChI is InChI=1S/C18H15N.2C2H6/c1-3-7-15(8-4-1)18(16-9-5-2-6-10-16)17-11-13-19-14-12-17;2*1-2/h1-14,18H;2*1-2H3. The average Bonchev–Trinajstić information content (AvgIpc) is 2.68. The van der Waals surface area contributed by atoms with E-state index < -0.39 is 0 Å². The molecule has 0 saturated carbocycles. The first-order chi connectivity index (χ1) is 11.4.